The summed E-state index contributed by atoms with van der Waals surface area (Å²) in [5, 5.41) is 3.49. The van der Waals surface area contributed by atoms with Crippen LogP contribution >= 0.6 is 0 Å². The fourth-order valence-corrected chi connectivity index (χ4v) is 6.29. The molecule has 0 aromatic heterocycles. The molecule has 1 N–H and O–H groups in total. The van der Waals surface area contributed by atoms with Gasteiger partial charge in [-0.3, -0.25) is 0 Å². The smallest absolute Gasteiger partial charge is 0.216 e. The third kappa shape index (κ3) is 3.04. The van der Waals surface area contributed by atoms with Crippen molar-refractivity contribution in [2.45, 2.75) is 69.1 Å². The fraction of sp³-hybridized carbons (Fsp3) is 1.00. The van der Waals surface area contributed by atoms with E-state index in [9.17, 15) is 8.42 Å². The lowest BCUT2D eigenvalue weighted by Crippen LogP contribution is -2.46. The van der Waals surface area contributed by atoms with E-state index < -0.39 is 10.0 Å². The van der Waals surface area contributed by atoms with Gasteiger partial charge in [0, 0.05) is 19.1 Å². The zero-order valence-electron chi connectivity index (χ0n) is 12.4. The average molecular weight is 300 g/mol. The monoisotopic (exact) mass is 300 g/mol. The molecule has 20 heavy (non-hydrogen) atoms. The van der Waals surface area contributed by atoms with E-state index in [-0.39, 0.29) is 5.25 Å². The van der Waals surface area contributed by atoms with E-state index in [1.165, 1.54) is 19.3 Å². The zero-order valence-corrected chi connectivity index (χ0v) is 13.2. The Morgan fingerprint density at radius 2 is 1.55 bits per heavy atom. The van der Waals surface area contributed by atoms with Gasteiger partial charge in [0.15, 0.2) is 0 Å². The minimum Gasteiger partial charge on any atom is -0.314 e. The van der Waals surface area contributed by atoms with Gasteiger partial charge in [-0.25, -0.2) is 12.7 Å². The topological polar surface area (TPSA) is 49.4 Å². The predicted molar refractivity (Wildman–Crippen MR) is 81.1 cm³/mol. The number of nitrogens with zero attached hydrogens (tertiary/aromatic N) is 1. The zero-order chi connectivity index (χ0) is 14.0. The minimum atomic E-state index is -3.02. The van der Waals surface area contributed by atoms with Gasteiger partial charge in [-0.1, -0.05) is 19.3 Å². The maximum Gasteiger partial charge on any atom is 0.216 e. The van der Waals surface area contributed by atoms with Crippen molar-refractivity contribution in [3.63, 3.8) is 0 Å². The van der Waals surface area contributed by atoms with Crippen molar-refractivity contribution in [2.24, 2.45) is 5.92 Å². The molecule has 1 aliphatic carbocycles. The van der Waals surface area contributed by atoms with Gasteiger partial charge in [0.2, 0.25) is 10.0 Å². The summed E-state index contributed by atoms with van der Waals surface area (Å²) in [7, 11) is -3.02. The highest BCUT2D eigenvalue weighted by atomic mass is 32.2. The molecule has 0 bridgehead atoms. The fourth-order valence-electron chi connectivity index (χ4n) is 4.22. The number of hydrogen-bond acceptors (Lipinski definition) is 3. The highest BCUT2D eigenvalue weighted by Gasteiger charge is 2.37. The molecule has 1 saturated carbocycles. The second-order valence-corrected chi connectivity index (χ2v) is 8.96. The van der Waals surface area contributed by atoms with Crippen LogP contribution in [0.1, 0.15) is 57.8 Å². The van der Waals surface area contributed by atoms with Crippen molar-refractivity contribution in [3.8, 4) is 0 Å². The molecule has 4 nitrogen and oxygen atoms in total. The molecular formula is C15H28N2O2S. The van der Waals surface area contributed by atoms with Gasteiger partial charge in [0.05, 0.1) is 5.25 Å². The molecule has 3 rings (SSSR count). The highest BCUT2D eigenvalue weighted by Crippen LogP contribution is 2.31. The standard InChI is InChI=1S/C15H28N2O2S/c18-20(19,14-5-2-1-3-6-14)17-11-8-13(9-12-17)15-7-4-10-16-15/h13-16H,1-12H2. The van der Waals surface area contributed by atoms with Crippen LogP contribution < -0.4 is 5.32 Å². The molecule has 1 atom stereocenters. The van der Waals surface area contributed by atoms with Gasteiger partial charge in [-0.2, -0.15) is 0 Å². The van der Waals surface area contributed by atoms with Crippen molar-refractivity contribution >= 4 is 10.0 Å². The van der Waals surface area contributed by atoms with Crippen molar-refractivity contribution in [3.05, 3.63) is 0 Å². The third-order valence-corrected chi connectivity index (χ3v) is 7.90. The van der Waals surface area contributed by atoms with E-state index in [1.807, 2.05) is 0 Å². The molecule has 0 radical (unpaired) electrons. The number of nitrogens with one attached hydrogen (secondary N) is 1. The van der Waals surface area contributed by atoms with Crippen molar-refractivity contribution in [1.82, 2.24) is 9.62 Å². The average Bonchev–Trinajstić information content (AvgIpc) is 3.02. The van der Waals surface area contributed by atoms with Crippen molar-refractivity contribution in [1.29, 1.82) is 0 Å². The Kier molecular flexibility index (Phi) is 4.68. The minimum absolute atomic E-state index is 0.0857. The number of sulfonamides is 1. The van der Waals surface area contributed by atoms with Crippen LogP contribution in [0.25, 0.3) is 0 Å². The summed E-state index contributed by atoms with van der Waals surface area (Å²) in [6.07, 6.45) is 9.80. The highest BCUT2D eigenvalue weighted by molar-refractivity contribution is 7.89. The Morgan fingerprint density at radius 1 is 0.850 bits per heavy atom. The van der Waals surface area contributed by atoms with Crippen molar-refractivity contribution in [2.75, 3.05) is 19.6 Å². The van der Waals surface area contributed by atoms with E-state index in [4.69, 9.17) is 0 Å². The van der Waals surface area contributed by atoms with E-state index in [2.05, 4.69) is 5.32 Å². The molecule has 3 fully saturated rings. The Hall–Kier alpha value is -0.130. The molecule has 1 unspecified atom stereocenters. The first kappa shape index (κ1) is 14.8. The summed E-state index contributed by atoms with van der Waals surface area (Å²) in [5.41, 5.74) is 0. The molecule has 116 valence electrons. The molecule has 2 saturated heterocycles. The molecule has 0 aromatic rings. The van der Waals surface area contributed by atoms with Crippen LogP contribution in [0.15, 0.2) is 0 Å². The van der Waals surface area contributed by atoms with Gasteiger partial charge < -0.3 is 5.32 Å². The molecule has 2 aliphatic heterocycles. The Balaban J connectivity index is 1.56. The molecule has 2 heterocycles. The summed E-state index contributed by atoms with van der Waals surface area (Å²) >= 11 is 0. The molecule has 3 aliphatic rings. The summed E-state index contributed by atoms with van der Waals surface area (Å²) in [5.74, 6) is 0.690. The predicted octanol–water partition coefficient (Wildman–Crippen LogP) is 2.11. The van der Waals surface area contributed by atoms with Crippen molar-refractivity contribution < 1.29 is 8.42 Å². The van der Waals surface area contributed by atoms with E-state index in [0.29, 0.717) is 12.0 Å². The SMILES string of the molecule is O=S(=O)(C1CCCCC1)N1CCC(C2CCCN2)CC1. The van der Waals surface area contributed by atoms with E-state index in [0.717, 1.165) is 58.2 Å². The van der Waals surface area contributed by atoms with Crippen LogP contribution in [0, 0.1) is 5.92 Å². The quantitative estimate of drug-likeness (QED) is 0.868. The Morgan fingerprint density at radius 3 is 2.15 bits per heavy atom. The summed E-state index contributed by atoms with van der Waals surface area (Å²) in [4.78, 5) is 0. The number of piperidine rings is 1. The van der Waals surface area contributed by atoms with Crippen LogP contribution in [0.4, 0.5) is 0 Å². The molecule has 5 heteroatoms. The van der Waals surface area contributed by atoms with E-state index in [1.54, 1.807) is 4.31 Å². The second-order valence-electron chi connectivity index (χ2n) is 6.74. The molecular weight excluding hydrogens is 272 g/mol. The van der Waals surface area contributed by atoms with Crippen LogP contribution in [0.2, 0.25) is 0 Å². The van der Waals surface area contributed by atoms with E-state index >= 15 is 0 Å². The lowest BCUT2D eigenvalue weighted by atomic mass is 9.89. The van der Waals surface area contributed by atoms with Gasteiger partial charge in [-0.15, -0.1) is 0 Å². The first-order chi connectivity index (χ1) is 9.68. The van der Waals surface area contributed by atoms with Gasteiger partial charge >= 0.3 is 0 Å². The lowest BCUT2D eigenvalue weighted by molar-refractivity contribution is 0.231. The van der Waals surface area contributed by atoms with Crippen LogP contribution in [-0.4, -0.2) is 43.6 Å². The molecule has 0 spiro atoms. The first-order valence-corrected chi connectivity index (χ1v) is 9.90. The van der Waals surface area contributed by atoms with Crippen LogP contribution in [0.5, 0.6) is 0 Å². The Bertz CT molecular complexity index is 404. The summed E-state index contributed by atoms with van der Waals surface area (Å²) < 4.78 is 27.2. The van der Waals surface area contributed by atoms with Gasteiger partial charge in [-0.05, 0) is 51.0 Å². The second kappa shape index (κ2) is 6.32. The van der Waals surface area contributed by atoms with Gasteiger partial charge in [0.25, 0.3) is 0 Å². The maximum absolute atomic E-state index is 12.7. The lowest BCUT2D eigenvalue weighted by Gasteiger charge is -2.36. The maximum atomic E-state index is 12.7. The largest absolute Gasteiger partial charge is 0.314 e. The first-order valence-electron chi connectivity index (χ1n) is 8.40. The Labute approximate surface area is 123 Å². The van der Waals surface area contributed by atoms with Gasteiger partial charge in [0.1, 0.15) is 0 Å². The molecule has 0 amide bonds. The van der Waals surface area contributed by atoms with Crippen LogP contribution in [-0.2, 0) is 10.0 Å². The van der Waals surface area contributed by atoms with Crippen LogP contribution in [0.3, 0.4) is 0 Å². The number of hydrogen-bond donors (Lipinski definition) is 1. The number of rotatable bonds is 3. The molecule has 0 aromatic carbocycles. The normalized spacial score (nSPS) is 31.7. The third-order valence-electron chi connectivity index (χ3n) is 5.50. The summed E-state index contributed by atoms with van der Waals surface area (Å²) in [6, 6.07) is 0.648. The summed E-state index contributed by atoms with van der Waals surface area (Å²) in [6.45, 7) is 2.65.